The molecule has 2 atom stereocenters. The van der Waals surface area contributed by atoms with Crippen molar-refractivity contribution in [1.82, 2.24) is 19.7 Å². The van der Waals surface area contributed by atoms with Gasteiger partial charge in [0.25, 0.3) is 0 Å². The van der Waals surface area contributed by atoms with E-state index in [1.807, 2.05) is 25.6 Å². The van der Waals surface area contributed by atoms with Crippen LogP contribution >= 0.6 is 0 Å². The second-order valence-electron chi connectivity index (χ2n) is 6.37. The molecule has 1 aliphatic rings. The van der Waals surface area contributed by atoms with Gasteiger partial charge in [-0.15, -0.1) is 0 Å². The van der Waals surface area contributed by atoms with Gasteiger partial charge in [0, 0.05) is 43.6 Å². The van der Waals surface area contributed by atoms with Crippen LogP contribution in [0.5, 0.6) is 0 Å². The first-order chi connectivity index (χ1) is 11.0. The molecular weight excluding hydrogens is 290 g/mol. The van der Waals surface area contributed by atoms with Crippen molar-refractivity contribution in [3.8, 4) is 0 Å². The predicted molar refractivity (Wildman–Crippen MR) is 89.5 cm³/mol. The molecule has 2 aromatic rings. The quantitative estimate of drug-likeness (QED) is 0.939. The number of aryl methyl sites for hydroxylation is 4. The highest BCUT2D eigenvalue weighted by atomic mass is 16.5. The summed E-state index contributed by atoms with van der Waals surface area (Å²) in [5.74, 6) is 1.29. The molecule has 0 amide bonds. The fraction of sp³-hybridized carbons (Fsp3) is 0.588. The molecule has 1 saturated heterocycles. The number of nitrogens with one attached hydrogen (secondary N) is 1. The number of aromatic nitrogens is 4. The van der Waals surface area contributed by atoms with E-state index in [0.717, 1.165) is 42.5 Å². The summed E-state index contributed by atoms with van der Waals surface area (Å²) in [4.78, 5) is 8.90. The maximum absolute atomic E-state index is 6.04. The molecule has 1 N–H and O–H groups in total. The number of nitrogens with zero attached hydrogens (tertiary/aromatic N) is 4. The Balaban J connectivity index is 1.76. The fourth-order valence-electron chi connectivity index (χ4n) is 3.30. The van der Waals surface area contributed by atoms with E-state index < -0.39 is 0 Å². The van der Waals surface area contributed by atoms with Crippen molar-refractivity contribution in [3.63, 3.8) is 0 Å². The lowest BCUT2D eigenvalue weighted by Crippen LogP contribution is -2.20. The molecule has 3 heterocycles. The number of hydrogen-bond donors (Lipinski definition) is 1. The van der Waals surface area contributed by atoms with Gasteiger partial charge in [-0.3, -0.25) is 9.67 Å². The van der Waals surface area contributed by atoms with Crippen LogP contribution in [0.25, 0.3) is 0 Å². The molecule has 0 radical (unpaired) electrons. The standard InChI is InChI=1S/C17H25N5O/c1-10-8-18-12(3)17(20-10)19-9-14-6-7-23-16(14)15-11(2)21-22(5)13(15)4/h8,14,16H,6-7,9H2,1-5H3,(H,19,20)/t14-,16+/m1/s1. The highest BCUT2D eigenvalue weighted by Gasteiger charge is 2.33. The largest absolute Gasteiger partial charge is 0.373 e. The van der Waals surface area contributed by atoms with Crippen LogP contribution in [0, 0.1) is 33.6 Å². The molecule has 0 bridgehead atoms. The van der Waals surface area contributed by atoms with E-state index in [-0.39, 0.29) is 6.10 Å². The molecule has 3 rings (SSSR count). The third-order valence-electron chi connectivity index (χ3n) is 4.67. The first kappa shape index (κ1) is 15.9. The lowest BCUT2D eigenvalue weighted by Gasteiger charge is -2.20. The van der Waals surface area contributed by atoms with Crippen LogP contribution in [0.3, 0.4) is 0 Å². The zero-order valence-corrected chi connectivity index (χ0v) is 14.6. The Kier molecular flexibility index (Phi) is 4.35. The summed E-state index contributed by atoms with van der Waals surface area (Å²) in [7, 11) is 1.99. The Labute approximate surface area is 137 Å². The molecule has 0 spiro atoms. The van der Waals surface area contributed by atoms with Gasteiger partial charge in [0.1, 0.15) is 5.82 Å². The molecule has 6 nitrogen and oxygen atoms in total. The minimum atomic E-state index is 0.106. The summed E-state index contributed by atoms with van der Waals surface area (Å²) < 4.78 is 7.98. The fourth-order valence-corrected chi connectivity index (χ4v) is 3.30. The first-order valence-electron chi connectivity index (χ1n) is 8.13. The Morgan fingerprint density at radius 2 is 2.04 bits per heavy atom. The molecule has 23 heavy (non-hydrogen) atoms. The Morgan fingerprint density at radius 3 is 2.74 bits per heavy atom. The number of rotatable bonds is 4. The second-order valence-corrected chi connectivity index (χ2v) is 6.37. The van der Waals surface area contributed by atoms with Crippen LogP contribution in [-0.4, -0.2) is 32.9 Å². The third kappa shape index (κ3) is 3.08. The molecule has 0 aromatic carbocycles. The molecule has 6 heteroatoms. The minimum Gasteiger partial charge on any atom is -0.373 e. The van der Waals surface area contributed by atoms with Gasteiger partial charge in [-0.2, -0.15) is 5.10 Å². The molecule has 1 fully saturated rings. The summed E-state index contributed by atoms with van der Waals surface area (Å²) in [6, 6.07) is 0. The van der Waals surface area contributed by atoms with Gasteiger partial charge >= 0.3 is 0 Å². The van der Waals surface area contributed by atoms with Crippen molar-refractivity contribution in [2.75, 3.05) is 18.5 Å². The van der Waals surface area contributed by atoms with Gasteiger partial charge < -0.3 is 10.1 Å². The maximum atomic E-state index is 6.04. The zero-order valence-electron chi connectivity index (χ0n) is 14.6. The lowest BCUT2D eigenvalue weighted by atomic mass is 9.94. The van der Waals surface area contributed by atoms with Crippen LogP contribution in [-0.2, 0) is 11.8 Å². The maximum Gasteiger partial charge on any atom is 0.147 e. The summed E-state index contributed by atoms with van der Waals surface area (Å²) in [6.07, 6.45) is 2.95. The smallest absolute Gasteiger partial charge is 0.147 e. The summed E-state index contributed by atoms with van der Waals surface area (Å²) in [6.45, 7) is 9.73. The topological polar surface area (TPSA) is 64.9 Å². The third-order valence-corrected chi connectivity index (χ3v) is 4.67. The van der Waals surface area contributed by atoms with Gasteiger partial charge in [0.05, 0.1) is 23.2 Å². The molecule has 2 aromatic heterocycles. The van der Waals surface area contributed by atoms with Crippen LogP contribution in [0.15, 0.2) is 6.20 Å². The Bertz CT molecular complexity index is 709. The first-order valence-corrected chi connectivity index (χ1v) is 8.13. The second kappa shape index (κ2) is 6.28. The minimum absolute atomic E-state index is 0.106. The Morgan fingerprint density at radius 1 is 1.26 bits per heavy atom. The van der Waals surface area contributed by atoms with E-state index in [0.29, 0.717) is 5.92 Å². The predicted octanol–water partition coefficient (Wildman–Crippen LogP) is 2.63. The average molecular weight is 315 g/mol. The molecule has 0 aliphatic carbocycles. The number of anilines is 1. The molecular formula is C17H25N5O. The molecule has 124 valence electrons. The van der Waals surface area contributed by atoms with Crippen LogP contribution in [0.4, 0.5) is 5.82 Å². The SMILES string of the molecule is Cc1cnc(C)c(NC[C@H]2CCO[C@@H]2c2c(C)nn(C)c2C)n1. The summed E-state index contributed by atoms with van der Waals surface area (Å²) in [5.41, 5.74) is 5.35. The van der Waals surface area contributed by atoms with Crippen LogP contribution in [0.1, 0.15) is 40.9 Å². The van der Waals surface area contributed by atoms with Crippen molar-refractivity contribution in [3.05, 3.63) is 34.5 Å². The Hall–Kier alpha value is -1.95. The molecule has 0 saturated carbocycles. The lowest BCUT2D eigenvalue weighted by molar-refractivity contribution is 0.0922. The van der Waals surface area contributed by atoms with E-state index in [2.05, 4.69) is 34.2 Å². The molecule has 1 aliphatic heterocycles. The van der Waals surface area contributed by atoms with Crippen molar-refractivity contribution < 1.29 is 4.74 Å². The van der Waals surface area contributed by atoms with E-state index in [4.69, 9.17) is 4.74 Å². The highest BCUT2D eigenvalue weighted by molar-refractivity contribution is 5.40. The summed E-state index contributed by atoms with van der Waals surface area (Å²) >= 11 is 0. The van der Waals surface area contributed by atoms with Crippen LogP contribution < -0.4 is 5.32 Å². The van der Waals surface area contributed by atoms with Gasteiger partial charge in [-0.1, -0.05) is 0 Å². The van der Waals surface area contributed by atoms with Crippen molar-refractivity contribution >= 4 is 5.82 Å². The van der Waals surface area contributed by atoms with Crippen molar-refractivity contribution in [2.24, 2.45) is 13.0 Å². The van der Waals surface area contributed by atoms with E-state index in [9.17, 15) is 0 Å². The van der Waals surface area contributed by atoms with Gasteiger partial charge in [-0.25, -0.2) is 4.98 Å². The number of ether oxygens (including phenoxy) is 1. The van der Waals surface area contributed by atoms with Crippen molar-refractivity contribution in [2.45, 2.75) is 40.2 Å². The highest BCUT2D eigenvalue weighted by Crippen LogP contribution is 2.37. The van der Waals surface area contributed by atoms with E-state index in [1.165, 1.54) is 11.3 Å². The van der Waals surface area contributed by atoms with Gasteiger partial charge in [0.15, 0.2) is 0 Å². The molecule has 0 unspecified atom stereocenters. The summed E-state index contributed by atoms with van der Waals surface area (Å²) in [5, 5.41) is 7.99. The van der Waals surface area contributed by atoms with Gasteiger partial charge in [-0.05, 0) is 34.1 Å². The van der Waals surface area contributed by atoms with Crippen LogP contribution in [0.2, 0.25) is 0 Å². The van der Waals surface area contributed by atoms with E-state index in [1.54, 1.807) is 6.20 Å². The average Bonchev–Trinajstić information content (AvgIpc) is 3.05. The normalized spacial score (nSPS) is 20.9. The zero-order chi connectivity index (χ0) is 16.6. The number of hydrogen-bond acceptors (Lipinski definition) is 5. The van der Waals surface area contributed by atoms with Gasteiger partial charge in [0.2, 0.25) is 0 Å². The monoisotopic (exact) mass is 315 g/mol. The van der Waals surface area contributed by atoms with E-state index >= 15 is 0 Å². The van der Waals surface area contributed by atoms with Crippen molar-refractivity contribution in [1.29, 1.82) is 0 Å².